The predicted octanol–water partition coefficient (Wildman–Crippen LogP) is 2.48. The lowest BCUT2D eigenvalue weighted by Gasteiger charge is -2.26. The molecule has 0 atom stereocenters. The molecule has 0 saturated carbocycles. The van der Waals surface area contributed by atoms with Crippen molar-refractivity contribution in [2.24, 2.45) is 0 Å². The van der Waals surface area contributed by atoms with E-state index in [9.17, 15) is 9.18 Å². The predicted molar refractivity (Wildman–Crippen MR) is 78.7 cm³/mol. The highest BCUT2D eigenvalue weighted by Gasteiger charge is 2.16. The van der Waals surface area contributed by atoms with Crippen molar-refractivity contribution in [2.75, 3.05) is 31.2 Å². The van der Waals surface area contributed by atoms with Gasteiger partial charge < -0.3 is 15.0 Å². The minimum Gasteiger partial charge on any atom is -0.491 e. The first-order chi connectivity index (χ1) is 9.70. The molecule has 1 aromatic carbocycles. The Kier molecular flexibility index (Phi) is 5.52. The summed E-state index contributed by atoms with van der Waals surface area (Å²) in [6.45, 7) is 4.11. The van der Waals surface area contributed by atoms with Crippen molar-refractivity contribution in [3.8, 4) is 5.75 Å². The molecule has 2 rings (SSSR count). The smallest absolute Gasteiger partial charge is 0.317 e. The summed E-state index contributed by atoms with van der Waals surface area (Å²) in [6, 6.07) is 4.68. The van der Waals surface area contributed by atoms with Crippen molar-refractivity contribution in [3.63, 3.8) is 0 Å². The zero-order valence-corrected chi connectivity index (χ0v) is 12.3. The summed E-state index contributed by atoms with van der Waals surface area (Å²) in [5.41, 5.74) is 0.727. The Morgan fingerprint density at radius 3 is 2.85 bits per heavy atom. The number of nitrogens with zero attached hydrogens (tertiary/aromatic N) is 1. The summed E-state index contributed by atoms with van der Waals surface area (Å²) in [5, 5.41) is 2.82. The summed E-state index contributed by atoms with van der Waals surface area (Å²) in [4.78, 5) is 13.7. The molecule has 1 N–H and O–H groups in total. The first-order valence-electron chi connectivity index (χ1n) is 6.72. The van der Waals surface area contributed by atoms with Crippen molar-refractivity contribution in [1.29, 1.82) is 0 Å². The van der Waals surface area contributed by atoms with Crippen LogP contribution in [0.4, 0.5) is 9.18 Å². The molecule has 0 unspecified atom stereocenters. The van der Waals surface area contributed by atoms with Crippen LogP contribution in [-0.2, 0) is 6.54 Å². The first kappa shape index (κ1) is 15.0. The molecule has 0 radical (unpaired) electrons. The highest BCUT2D eigenvalue weighted by atomic mass is 32.2. The maximum absolute atomic E-state index is 13.7. The van der Waals surface area contributed by atoms with Gasteiger partial charge in [0.05, 0.1) is 6.61 Å². The SMILES string of the molecule is CCOc1ccc(CNC(=O)N2CCSCC2)cc1F. The molecule has 1 heterocycles. The molecule has 6 heteroatoms. The van der Waals surface area contributed by atoms with Crippen molar-refractivity contribution < 1.29 is 13.9 Å². The van der Waals surface area contributed by atoms with Gasteiger partial charge in [0.2, 0.25) is 0 Å². The second-order valence-corrected chi connectivity index (χ2v) is 5.68. The molecule has 1 aliphatic rings. The van der Waals surface area contributed by atoms with E-state index < -0.39 is 5.82 Å². The average Bonchev–Trinajstić information content (AvgIpc) is 2.48. The third-order valence-electron chi connectivity index (χ3n) is 3.04. The maximum Gasteiger partial charge on any atom is 0.317 e. The zero-order chi connectivity index (χ0) is 14.4. The summed E-state index contributed by atoms with van der Waals surface area (Å²) in [5.74, 6) is 1.81. The largest absolute Gasteiger partial charge is 0.491 e. The lowest BCUT2D eigenvalue weighted by Crippen LogP contribution is -2.44. The van der Waals surface area contributed by atoms with Crippen LogP contribution in [0.1, 0.15) is 12.5 Å². The van der Waals surface area contributed by atoms with Crippen molar-refractivity contribution in [1.82, 2.24) is 10.2 Å². The molecule has 1 aliphatic heterocycles. The van der Waals surface area contributed by atoms with E-state index >= 15 is 0 Å². The Labute approximate surface area is 122 Å². The number of carbonyl (C=O) groups excluding carboxylic acids is 1. The maximum atomic E-state index is 13.7. The Hall–Kier alpha value is -1.43. The quantitative estimate of drug-likeness (QED) is 0.928. The van der Waals surface area contributed by atoms with E-state index in [4.69, 9.17) is 4.74 Å². The van der Waals surface area contributed by atoms with Gasteiger partial charge in [0.15, 0.2) is 11.6 Å². The van der Waals surface area contributed by atoms with Crippen molar-refractivity contribution in [2.45, 2.75) is 13.5 Å². The number of benzene rings is 1. The van der Waals surface area contributed by atoms with E-state index in [0.29, 0.717) is 13.2 Å². The lowest BCUT2D eigenvalue weighted by atomic mass is 10.2. The van der Waals surface area contributed by atoms with Crippen molar-refractivity contribution in [3.05, 3.63) is 29.6 Å². The topological polar surface area (TPSA) is 41.6 Å². The van der Waals surface area contributed by atoms with E-state index in [1.54, 1.807) is 17.0 Å². The van der Waals surface area contributed by atoms with Crippen LogP contribution in [0.15, 0.2) is 18.2 Å². The van der Waals surface area contributed by atoms with Crippen LogP contribution in [0.2, 0.25) is 0 Å². The fourth-order valence-corrected chi connectivity index (χ4v) is 2.89. The fourth-order valence-electron chi connectivity index (χ4n) is 1.98. The van der Waals surface area contributed by atoms with E-state index in [1.165, 1.54) is 6.07 Å². The summed E-state index contributed by atoms with van der Waals surface area (Å²) in [6.07, 6.45) is 0. The van der Waals surface area contributed by atoms with Gasteiger partial charge in [0.1, 0.15) is 0 Å². The van der Waals surface area contributed by atoms with E-state index in [2.05, 4.69) is 5.32 Å². The molecular formula is C14H19FN2O2S. The molecule has 110 valence electrons. The number of hydrogen-bond donors (Lipinski definition) is 1. The second-order valence-electron chi connectivity index (χ2n) is 4.46. The third-order valence-corrected chi connectivity index (χ3v) is 3.98. The molecule has 0 aromatic heterocycles. The van der Waals surface area contributed by atoms with Crippen LogP contribution in [0.3, 0.4) is 0 Å². The monoisotopic (exact) mass is 298 g/mol. The number of thioether (sulfide) groups is 1. The van der Waals surface area contributed by atoms with Crippen LogP contribution in [-0.4, -0.2) is 42.1 Å². The van der Waals surface area contributed by atoms with Gasteiger partial charge in [0, 0.05) is 31.1 Å². The van der Waals surface area contributed by atoms with Crippen LogP contribution in [0.5, 0.6) is 5.75 Å². The highest BCUT2D eigenvalue weighted by molar-refractivity contribution is 7.99. The minimum atomic E-state index is -0.395. The van der Waals surface area contributed by atoms with Crippen LogP contribution >= 0.6 is 11.8 Å². The zero-order valence-electron chi connectivity index (χ0n) is 11.5. The first-order valence-corrected chi connectivity index (χ1v) is 7.88. The summed E-state index contributed by atoms with van der Waals surface area (Å²) in [7, 11) is 0. The number of halogens is 1. The highest BCUT2D eigenvalue weighted by Crippen LogP contribution is 2.18. The molecule has 1 saturated heterocycles. The Morgan fingerprint density at radius 2 is 2.20 bits per heavy atom. The van der Waals surface area contributed by atoms with E-state index in [1.807, 2.05) is 18.7 Å². The molecule has 4 nitrogen and oxygen atoms in total. The Morgan fingerprint density at radius 1 is 1.45 bits per heavy atom. The molecule has 2 amide bonds. The second kappa shape index (κ2) is 7.38. The van der Waals surface area contributed by atoms with Gasteiger partial charge in [0.25, 0.3) is 0 Å². The van der Waals surface area contributed by atoms with E-state index in [0.717, 1.165) is 30.2 Å². The Balaban J connectivity index is 1.87. The van der Waals surface area contributed by atoms with Gasteiger partial charge in [-0.15, -0.1) is 0 Å². The molecule has 0 aliphatic carbocycles. The van der Waals surface area contributed by atoms with Gasteiger partial charge >= 0.3 is 6.03 Å². The molecule has 0 spiro atoms. The fraction of sp³-hybridized carbons (Fsp3) is 0.500. The summed E-state index contributed by atoms with van der Waals surface area (Å²) >= 11 is 1.85. The summed E-state index contributed by atoms with van der Waals surface area (Å²) < 4.78 is 18.8. The standard InChI is InChI=1S/C14H19FN2O2S/c1-2-19-13-4-3-11(9-12(13)15)10-16-14(18)17-5-7-20-8-6-17/h3-4,9H,2,5-8,10H2,1H3,(H,16,18). The van der Waals surface area contributed by atoms with Gasteiger partial charge in [-0.3, -0.25) is 0 Å². The van der Waals surface area contributed by atoms with E-state index in [-0.39, 0.29) is 11.8 Å². The van der Waals surface area contributed by atoms with Crippen LogP contribution in [0.25, 0.3) is 0 Å². The molecular weight excluding hydrogens is 279 g/mol. The lowest BCUT2D eigenvalue weighted by molar-refractivity contribution is 0.202. The van der Waals surface area contributed by atoms with Crippen LogP contribution in [0, 0.1) is 5.82 Å². The number of carbonyl (C=O) groups is 1. The number of hydrogen-bond acceptors (Lipinski definition) is 3. The van der Waals surface area contributed by atoms with Gasteiger partial charge in [-0.05, 0) is 24.6 Å². The number of amides is 2. The third kappa shape index (κ3) is 4.03. The van der Waals surface area contributed by atoms with Crippen LogP contribution < -0.4 is 10.1 Å². The average molecular weight is 298 g/mol. The Bertz CT molecular complexity index is 464. The molecule has 0 bridgehead atoms. The number of ether oxygens (including phenoxy) is 1. The molecule has 1 fully saturated rings. The number of nitrogens with one attached hydrogen (secondary N) is 1. The van der Waals surface area contributed by atoms with Gasteiger partial charge in [-0.25, -0.2) is 9.18 Å². The molecule has 20 heavy (non-hydrogen) atoms. The molecule has 1 aromatic rings. The minimum absolute atomic E-state index is 0.0837. The van der Waals surface area contributed by atoms with Gasteiger partial charge in [-0.1, -0.05) is 6.07 Å². The number of urea groups is 1. The normalized spacial score (nSPS) is 15.0. The van der Waals surface area contributed by atoms with Gasteiger partial charge in [-0.2, -0.15) is 11.8 Å². The van der Waals surface area contributed by atoms with Crippen molar-refractivity contribution >= 4 is 17.8 Å². The number of rotatable bonds is 4.